The Morgan fingerprint density at radius 3 is 2.75 bits per heavy atom. The minimum absolute atomic E-state index is 0.00435. The number of rotatable bonds is 4. The molecule has 1 unspecified atom stereocenters. The minimum Gasteiger partial charge on any atom is -0.347 e. The molecule has 2 aliphatic rings. The third-order valence-corrected chi connectivity index (χ3v) is 3.74. The lowest BCUT2D eigenvalue weighted by molar-refractivity contribution is -0.211. The van der Waals surface area contributed by atoms with E-state index in [1.165, 1.54) is 0 Å². The van der Waals surface area contributed by atoms with Crippen molar-refractivity contribution >= 4 is 5.78 Å². The third-order valence-electron chi connectivity index (χ3n) is 3.74. The van der Waals surface area contributed by atoms with Gasteiger partial charge in [-0.15, -0.1) is 0 Å². The Hall–Kier alpha value is -0.410. The molecule has 0 aromatic heterocycles. The summed E-state index contributed by atoms with van der Waals surface area (Å²) in [5, 5.41) is 0. The van der Waals surface area contributed by atoms with Crippen LogP contribution in [0.1, 0.15) is 51.9 Å². The Morgan fingerprint density at radius 2 is 2.06 bits per heavy atom. The Kier molecular flexibility index (Phi) is 3.98. The predicted molar refractivity (Wildman–Crippen MR) is 61.1 cm³/mol. The van der Waals surface area contributed by atoms with E-state index in [9.17, 15) is 4.79 Å². The summed E-state index contributed by atoms with van der Waals surface area (Å²) in [5.41, 5.74) is 0. The lowest BCUT2D eigenvalue weighted by Gasteiger charge is -2.38. The maximum Gasteiger partial charge on any atom is 0.178 e. The van der Waals surface area contributed by atoms with Crippen LogP contribution in [0.4, 0.5) is 0 Å². The molecule has 0 aromatic rings. The van der Waals surface area contributed by atoms with Crippen LogP contribution >= 0.6 is 0 Å². The lowest BCUT2D eigenvalue weighted by atomic mass is 9.79. The summed E-state index contributed by atoms with van der Waals surface area (Å²) in [6.07, 6.45) is 6.86. The second-order valence-electron chi connectivity index (χ2n) is 4.88. The van der Waals surface area contributed by atoms with Gasteiger partial charge in [0, 0.05) is 12.8 Å². The van der Waals surface area contributed by atoms with Crippen LogP contribution in [0.3, 0.4) is 0 Å². The Bertz CT molecular complexity index is 244. The van der Waals surface area contributed by atoms with Crippen LogP contribution in [0.2, 0.25) is 0 Å². The second-order valence-corrected chi connectivity index (χ2v) is 4.88. The van der Waals surface area contributed by atoms with Crippen molar-refractivity contribution in [1.82, 2.24) is 0 Å². The van der Waals surface area contributed by atoms with Crippen molar-refractivity contribution in [3.8, 4) is 0 Å². The molecular weight excluding hydrogens is 204 g/mol. The number of unbranched alkanes of at least 4 members (excludes halogenated alkanes) is 1. The molecule has 0 amide bonds. The van der Waals surface area contributed by atoms with Crippen LogP contribution in [0.5, 0.6) is 0 Å². The van der Waals surface area contributed by atoms with Crippen LogP contribution < -0.4 is 0 Å². The average molecular weight is 226 g/mol. The maximum absolute atomic E-state index is 12.2. The summed E-state index contributed by atoms with van der Waals surface area (Å²) in [7, 11) is 0. The SMILES string of the molecule is CCCCC(=O)C1CCCCC12OCCO2. The van der Waals surface area contributed by atoms with Crippen LogP contribution in [0.15, 0.2) is 0 Å². The molecule has 1 spiro atoms. The van der Waals surface area contributed by atoms with E-state index in [1.54, 1.807) is 0 Å². The maximum atomic E-state index is 12.2. The third kappa shape index (κ3) is 2.30. The molecule has 1 heterocycles. The van der Waals surface area contributed by atoms with Gasteiger partial charge >= 0.3 is 0 Å². The van der Waals surface area contributed by atoms with Crippen LogP contribution in [0.25, 0.3) is 0 Å². The van der Waals surface area contributed by atoms with Crippen molar-refractivity contribution in [3.63, 3.8) is 0 Å². The van der Waals surface area contributed by atoms with E-state index in [4.69, 9.17) is 9.47 Å². The van der Waals surface area contributed by atoms with Crippen molar-refractivity contribution in [2.45, 2.75) is 57.7 Å². The van der Waals surface area contributed by atoms with Crippen LogP contribution in [-0.2, 0) is 14.3 Å². The monoisotopic (exact) mass is 226 g/mol. The molecule has 0 aromatic carbocycles. The Morgan fingerprint density at radius 1 is 1.31 bits per heavy atom. The van der Waals surface area contributed by atoms with Crippen LogP contribution in [0, 0.1) is 5.92 Å². The Balaban J connectivity index is 2.01. The summed E-state index contributed by atoms with van der Waals surface area (Å²) >= 11 is 0. The van der Waals surface area contributed by atoms with E-state index in [-0.39, 0.29) is 5.92 Å². The first-order chi connectivity index (χ1) is 7.78. The molecule has 1 saturated heterocycles. The van der Waals surface area contributed by atoms with Gasteiger partial charge in [0.15, 0.2) is 5.79 Å². The summed E-state index contributed by atoms with van der Waals surface area (Å²) in [4.78, 5) is 12.2. The fourth-order valence-electron chi connectivity index (χ4n) is 2.86. The van der Waals surface area contributed by atoms with Gasteiger partial charge in [-0.05, 0) is 19.3 Å². The molecule has 1 aliphatic carbocycles. The first-order valence-corrected chi connectivity index (χ1v) is 6.59. The van der Waals surface area contributed by atoms with E-state index in [0.29, 0.717) is 25.4 Å². The topological polar surface area (TPSA) is 35.5 Å². The highest BCUT2D eigenvalue weighted by molar-refractivity contribution is 5.82. The van der Waals surface area contributed by atoms with E-state index in [2.05, 4.69) is 6.92 Å². The van der Waals surface area contributed by atoms with Crippen molar-refractivity contribution in [1.29, 1.82) is 0 Å². The molecule has 0 bridgehead atoms. The predicted octanol–water partition coefficient (Wildman–Crippen LogP) is 2.68. The standard InChI is InChI=1S/C13H22O3/c1-2-3-7-12(14)11-6-4-5-8-13(11)15-9-10-16-13/h11H,2-10H2,1H3. The highest BCUT2D eigenvalue weighted by atomic mass is 16.7. The zero-order chi connectivity index (χ0) is 11.4. The van der Waals surface area contributed by atoms with E-state index in [1.807, 2.05) is 0 Å². The molecule has 0 N–H and O–H groups in total. The van der Waals surface area contributed by atoms with Gasteiger partial charge in [-0.1, -0.05) is 19.8 Å². The fraction of sp³-hybridized carbons (Fsp3) is 0.923. The Labute approximate surface area is 97.5 Å². The van der Waals surface area contributed by atoms with Gasteiger partial charge in [-0.2, -0.15) is 0 Å². The number of Topliss-reactive ketones (excluding diaryl/α,β-unsaturated/α-hetero) is 1. The van der Waals surface area contributed by atoms with Crippen molar-refractivity contribution in [2.75, 3.05) is 13.2 Å². The number of hydrogen-bond donors (Lipinski definition) is 0. The normalized spacial score (nSPS) is 28.4. The quantitative estimate of drug-likeness (QED) is 0.739. The summed E-state index contributed by atoms with van der Waals surface area (Å²) in [6.45, 7) is 3.42. The molecule has 3 nitrogen and oxygen atoms in total. The number of ether oxygens (including phenoxy) is 2. The highest BCUT2D eigenvalue weighted by Crippen LogP contribution is 2.41. The first-order valence-electron chi connectivity index (χ1n) is 6.59. The summed E-state index contributed by atoms with van der Waals surface area (Å²) in [6, 6.07) is 0. The zero-order valence-electron chi connectivity index (χ0n) is 10.2. The average Bonchev–Trinajstić information content (AvgIpc) is 2.75. The van der Waals surface area contributed by atoms with Crippen molar-refractivity contribution < 1.29 is 14.3 Å². The van der Waals surface area contributed by atoms with E-state index < -0.39 is 5.79 Å². The van der Waals surface area contributed by atoms with E-state index >= 15 is 0 Å². The second kappa shape index (κ2) is 5.28. The number of carbonyl (C=O) groups excluding carboxylic acids is 1. The molecule has 16 heavy (non-hydrogen) atoms. The molecule has 2 rings (SSSR count). The molecule has 2 fully saturated rings. The van der Waals surface area contributed by atoms with Gasteiger partial charge in [0.1, 0.15) is 5.78 Å². The summed E-state index contributed by atoms with van der Waals surface area (Å²) in [5.74, 6) is -0.193. The molecule has 1 saturated carbocycles. The minimum atomic E-state index is -0.539. The largest absolute Gasteiger partial charge is 0.347 e. The molecule has 1 aliphatic heterocycles. The smallest absolute Gasteiger partial charge is 0.178 e. The van der Waals surface area contributed by atoms with Crippen molar-refractivity contribution in [2.24, 2.45) is 5.92 Å². The van der Waals surface area contributed by atoms with Crippen LogP contribution in [-0.4, -0.2) is 24.8 Å². The molecule has 3 heteroatoms. The fourth-order valence-corrected chi connectivity index (χ4v) is 2.86. The van der Waals surface area contributed by atoms with Gasteiger partial charge in [0.2, 0.25) is 0 Å². The lowest BCUT2D eigenvalue weighted by Crippen LogP contribution is -2.45. The van der Waals surface area contributed by atoms with Gasteiger partial charge in [-0.25, -0.2) is 0 Å². The number of ketones is 1. The van der Waals surface area contributed by atoms with E-state index in [0.717, 1.165) is 38.5 Å². The zero-order valence-corrected chi connectivity index (χ0v) is 10.2. The highest BCUT2D eigenvalue weighted by Gasteiger charge is 2.48. The number of hydrogen-bond acceptors (Lipinski definition) is 3. The van der Waals surface area contributed by atoms with Gasteiger partial charge in [0.25, 0.3) is 0 Å². The van der Waals surface area contributed by atoms with Gasteiger partial charge in [0.05, 0.1) is 19.1 Å². The first kappa shape index (κ1) is 12.1. The molecular formula is C13H22O3. The van der Waals surface area contributed by atoms with Gasteiger partial charge in [-0.3, -0.25) is 4.79 Å². The van der Waals surface area contributed by atoms with Crippen molar-refractivity contribution in [3.05, 3.63) is 0 Å². The van der Waals surface area contributed by atoms with Gasteiger partial charge < -0.3 is 9.47 Å². The number of carbonyl (C=O) groups is 1. The summed E-state index contributed by atoms with van der Waals surface area (Å²) < 4.78 is 11.5. The molecule has 0 radical (unpaired) electrons. The molecule has 92 valence electrons. The molecule has 1 atom stereocenters.